The maximum Gasteiger partial charge on any atom is 0.258 e. The molecular formula is C3H5Cl3O2. The number of aliphatic hydroxyl groups is 2. The first-order valence-electron chi connectivity index (χ1n) is 1.76. The van der Waals surface area contributed by atoms with Gasteiger partial charge in [-0.15, -0.1) is 0 Å². The van der Waals surface area contributed by atoms with Gasteiger partial charge in [0.05, 0.1) is 0 Å². The number of hydrogen-bond acceptors (Lipinski definition) is 2. The minimum Gasteiger partial charge on any atom is -0.370 e. The monoisotopic (exact) mass is 178 g/mol. The van der Waals surface area contributed by atoms with Crippen molar-refractivity contribution in [1.29, 1.82) is 0 Å². The number of halogens is 3. The van der Waals surface area contributed by atoms with E-state index in [4.69, 9.17) is 45.0 Å². The van der Waals surface area contributed by atoms with Gasteiger partial charge in [0.1, 0.15) is 0 Å². The van der Waals surface area contributed by atoms with Gasteiger partial charge in [0.2, 0.25) is 0 Å². The fraction of sp³-hybridized carbons (Fsp3) is 1.00. The Hall–Kier alpha value is 0.790. The Bertz CT molecular complexity index is 67.5. The summed E-state index contributed by atoms with van der Waals surface area (Å²) >= 11 is 14.9. The van der Waals surface area contributed by atoms with Crippen LogP contribution in [0.25, 0.3) is 0 Å². The number of alkyl halides is 3. The SMILES string of the molecule is CC(O)(Cl)C(O)(Cl)Cl. The summed E-state index contributed by atoms with van der Waals surface area (Å²) in [4.78, 5) is 0. The van der Waals surface area contributed by atoms with Crippen LogP contribution in [0, 0.1) is 0 Å². The smallest absolute Gasteiger partial charge is 0.258 e. The number of hydrogen-bond donors (Lipinski definition) is 2. The third-order valence-corrected chi connectivity index (χ3v) is 1.75. The Kier molecular flexibility index (Phi) is 2.41. The van der Waals surface area contributed by atoms with E-state index < -0.39 is 9.58 Å². The topological polar surface area (TPSA) is 40.5 Å². The first kappa shape index (κ1) is 8.79. The van der Waals surface area contributed by atoms with E-state index in [1.54, 1.807) is 0 Å². The molecule has 0 spiro atoms. The van der Waals surface area contributed by atoms with E-state index in [9.17, 15) is 0 Å². The van der Waals surface area contributed by atoms with Crippen LogP contribution in [0.2, 0.25) is 0 Å². The van der Waals surface area contributed by atoms with Crippen molar-refractivity contribution in [3.05, 3.63) is 0 Å². The molecule has 0 radical (unpaired) electrons. The largest absolute Gasteiger partial charge is 0.370 e. The maximum absolute atomic E-state index is 8.61. The van der Waals surface area contributed by atoms with Crippen molar-refractivity contribution >= 4 is 34.8 Å². The summed E-state index contributed by atoms with van der Waals surface area (Å²) in [6.45, 7) is 1.08. The molecule has 50 valence electrons. The Morgan fingerprint density at radius 1 is 1.12 bits per heavy atom. The molecule has 8 heavy (non-hydrogen) atoms. The van der Waals surface area contributed by atoms with Crippen molar-refractivity contribution in [3.63, 3.8) is 0 Å². The summed E-state index contributed by atoms with van der Waals surface area (Å²) in [5.74, 6) is 0. The van der Waals surface area contributed by atoms with E-state index in [0.29, 0.717) is 0 Å². The van der Waals surface area contributed by atoms with Crippen molar-refractivity contribution in [1.82, 2.24) is 0 Å². The van der Waals surface area contributed by atoms with Crippen LogP contribution in [0.15, 0.2) is 0 Å². The van der Waals surface area contributed by atoms with Gasteiger partial charge in [0, 0.05) is 0 Å². The van der Waals surface area contributed by atoms with Crippen molar-refractivity contribution < 1.29 is 10.2 Å². The molecular weight excluding hydrogens is 174 g/mol. The summed E-state index contributed by atoms with van der Waals surface area (Å²) in [6, 6.07) is 0. The van der Waals surface area contributed by atoms with E-state index in [1.807, 2.05) is 0 Å². The second-order valence-corrected chi connectivity index (χ2v) is 3.52. The Labute approximate surface area is 62.0 Å². The van der Waals surface area contributed by atoms with E-state index >= 15 is 0 Å². The third-order valence-electron chi connectivity index (χ3n) is 0.549. The highest BCUT2D eigenvalue weighted by Crippen LogP contribution is 2.33. The van der Waals surface area contributed by atoms with Crippen LogP contribution in [0.1, 0.15) is 6.92 Å². The van der Waals surface area contributed by atoms with Crippen LogP contribution in [-0.2, 0) is 0 Å². The average molecular weight is 179 g/mol. The van der Waals surface area contributed by atoms with Gasteiger partial charge in [-0.25, -0.2) is 0 Å². The average Bonchev–Trinajstić information content (AvgIpc) is 1.25. The highest BCUT2D eigenvalue weighted by molar-refractivity contribution is 6.51. The summed E-state index contributed by atoms with van der Waals surface area (Å²) in [5, 5.41) is 15.1. The normalized spacial score (nSPS) is 20.2. The second kappa shape index (κ2) is 2.20. The lowest BCUT2D eigenvalue weighted by atomic mass is 10.4. The second-order valence-electron chi connectivity index (χ2n) is 1.49. The molecule has 0 aromatic heterocycles. The molecule has 0 fully saturated rings. The first-order valence-corrected chi connectivity index (χ1v) is 2.90. The van der Waals surface area contributed by atoms with E-state index in [-0.39, 0.29) is 0 Å². The molecule has 1 unspecified atom stereocenters. The van der Waals surface area contributed by atoms with Gasteiger partial charge in [-0.2, -0.15) is 0 Å². The molecule has 2 nitrogen and oxygen atoms in total. The third kappa shape index (κ3) is 2.37. The molecule has 0 rings (SSSR count). The van der Waals surface area contributed by atoms with Gasteiger partial charge in [0.15, 0.2) is 5.06 Å². The maximum atomic E-state index is 8.61. The molecule has 0 saturated heterocycles. The van der Waals surface area contributed by atoms with Crippen molar-refractivity contribution in [2.45, 2.75) is 16.5 Å². The van der Waals surface area contributed by atoms with Crippen LogP contribution in [0.4, 0.5) is 0 Å². The van der Waals surface area contributed by atoms with Gasteiger partial charge in [-0.1, -0.05) is 34.8 Å². The molecule has 2 N–H and O–H groups in total. The Balaban J connectivity index is 4.02. The molecule has 5 heteroatoms. The van der Waals surface area contributed by atoms with Crippen LogP contribution in [-0.4, -0.2) is 19.8 Å². The quantitative estimate of drug-likeness (QED) is 0.591. The Morgan fingerprint density at radius 3 is 1.25 bits per heavy atom. The van der Waals surface area contributed by atoms with Gasteiger partial charge in [-0.3, -0.25) is 0 Å². The summed E-state index contributed by atoms with van der Waals surface area (Å²) in [5.41, 5.74) is 0. The molecule has 0 heterocycles. The molecule has 0 aromatic rings. The highest BCUT2D eigenvalue weighted by atomic mass is 35.5. The lowest BCUT2D eigenvalue weighted by Crippen LogP contribution is -2.37. The summed E-state index contributed by atoms with van der Waals surface area (Å²) < 4.78 is -2.30. The standard InChI is InChI=1S/C3H5Cl3O2/c1-2(4,7)3(5,6)8/h7-8H,1H3. The van der Waals surface area contributed by atoms with E-state index in [0.717, 1.165) is 6.92 Å². The zero-order valence-electron chi connectivity index (χ0n) is 4.03. The van der Waals surface area contributed by atoms with Gasteiger partial charge in [0.25, 0.3) is 4.52 Å². The van der Waals surface area contributed by atoms with Crippen LogP contribution >= 0.6 is 34.8 Å². The fourth-order valence-corrected chi connectivity index (χ4v) is 0. The van der Waals surface area contributed by atoms with Crippen molar-refractivity contribution in [2.75, 3.05) is 0 Å². The minimum absolute atomic E-state index is 1.08. The first-order chi connectivity index (χ1) is 3.25. The molecule has 0 saturated carbocycles. The molecule has 0 aliphatic heterocycles. The molecule has 0 amide bonds. The van der Waals surface area contributed by atoms with Gasteiger partial charge >= 0.3 is 0 Å². The van der Waals surface area contributed by atoms with Crippen LogP contribution in [0.3, 0.4) is 0 Å². The van der Waals surface area contributed by atoms with E-state index in [1.165, 1.54) is 0 Å². The zero-order chi connectivity index (χ0) is 7.00. The predicted molar refractivity (Wildman–Crippen MR) is 33.1 cm³/mol. The lowest BCUT2D eigenvalue weighted by Gasteiger charge is -2.23. The van der Waals surface area contributed by atoms with Crippen LogP contribution < -0.4 is 0 Å². The molecule has 1 atom stereocenters. The molecule has 0 aliphatic rings. The van der Waals surface area contributed by atoms with E-state index in [2.05, 4.69) is 0 Å². The van der Waals surface area contributed by atoms with Gasteiger partial charge < -0.3 is 10.2 Å². The lowest BCUT2D eigenvalue weighted by molar-refractivity contribution is 0.0213. The molecule has 0 aliphatic carbocycles. The molecule has 0 bridgehead atoms. The Morgan fingerprint density at radius 2 is 1.25 bits per heavy atom. The highest BCUT2D eigenvalue weighted by Gasteiger charge is 2.40. The fourth-order valence-electron chi connectivity index (χ4n) is 0. The van der Waals surface area contributed by atoms with Gasteiger partial charge in [-0.05, 0) is 6.92 Å². The van der Waals surface area contributed by atoms with Crippen molar-refractivity contribution in [3.8, 4) is 0 Å². The minimum atomic E-state index is -2.30. The summed E-state index contributed by atoms with van der Waals surface area (Å²) in [6.07, 6.45) is 0. The molecule has 0 aromatic carbocycles. The zero-order valence-corrected chi connectivity index (χ0v) is 6.30. The predicted octanol–water partition coefficient (Wildman–Crippen LogP) is 1.06. The van der Waals surface area contributed by atoms with Crippen LogP contribution in [0.5, 0.6) is 0 Å². The summed E-state index contributed by atoms with van der Waals surface area (Å²) in [7, 11) is 0. The number of rotatable bonds is 1. The van der Waals surface area contributed by atoms with Crippen molar-refractivity contribution in [2.24, 2.45) is 0 Å².